The Bertz CT molecular complexity index is 712. The molecule has 132 valence electrons. The summed E-state index contributed by atoms with van der Waals surface area (Å²) >= 11 is 0. The Morgan fingerprint density at radius 3 is 2.92 bits per heavy atom. The third-order valence-corrected chi connectivity index (χ3v) is 6.25. The fourth-order valence-corrected chi connectivity index (χ4v) is 4.59. The average molecular weight is 351 g/mol. The molecule has 24 heavy (non-hydrogen) atoms. The summed E-state index contributed by atoms with van der Waals surface area (Å²) in [6.07, 6.45) is 3.91. The summed E-state index contributed by atoms with van der Waals surface area (Å²) in [5.41, 5.74) is 1.77. The molecule has 0 aromatic heterocycles. The van der Waals surface area contributed by atoms with E-state index in [1.165, 1.54) is 6.92 Å². The maximum atomic E-state index is 12.6. The van der Waals surface area contributed by atoms with Crippen molar-refractivity contribution in [1.29, 1.82) is 0 Å². The average Bonchev–Trinajstić information content (AvgIpc) is 2.60. The van der Waals surface area contributed by atoms with Crippen LogP contribution in [0.15, 0.2) is 23.1 Å². The fraction of sp³-hybridized carbons (Fsp3) is 0.588. The predicted molar refractivity (Wildman–Crippen MR) is 93.6 cm³/mol. The van der Waals surface area contributed by atoms with Crippen LogP contribution in [0.4, 0.5) is 5.69 Å². The number of rotatable bonds is 4. The number of aryl methyl sites for hydroxylation is 1. The zero-order chi connectivity index (χ0) is 17.2. The molecule has 1 saturated heterocycles. The quantitative estimate of drug-likeness (QED) is 0.856. The molecule has 0 saturated carbocycles. The molecule has 1 atom stereocenters. The van der Waals surface area contributed by atoms with Crippen LogP contribution in [0.2, 0.25) is 0 Å². The third-order valence-electron chi connectivity index (χ3n) is 4.83. The molecule has 2 heterocycles. The largest absolute Gasteiger partial charge is 0.316 e. The zero-order valence-corrected chi connectivity index (χ0v) is 14.9. The number of sulfonamides is 1. The van der Waals surface area contributed by atoms with Gasteiger partial charge in [0.05, 0.1) is 4.90 Å². The van der Waals surface area contributed by atoms with Crippen LogP contribution in [-0.2, 0) is 21.2 Å². The first-order chi connectivity index (χ1) is 11.5. The third kappa shape index (κ3) is 3.79. The molecule has 1 unspecified atom stereocenters. The summed E-state index contributed by atoms with van der Waals surface area (Å²) in [6, 6.07) is 5.11. The van der Waals surface area contributed by atoms with E-state index in [9.17, 15) is 13.2 Å². The maximum absolute atomic E-state index is 12.6. The summed E-state index contributed by atoms with van der Waals surface area (Å²) in [7, 11) is -3.56. The molecule has 1 aromatic carbocycles. The van der Waals surface area contributed by atoms with Crippen molar-refractivity contribution in [2.24, 2.45) is 5.92 Å². The van der Waals surface area contributed by atoms with Crippen LogP contribution in [0.5, 0.6) is 0 Å². The SMILES string of the molecule is CC(=O)N1CCCc2ccc(S(=O)(=O)NCC3CCCNC3)cc21. The molecule has 7 heteroatoms. The van der Waals surface area contributed by atoms with E-state index in [0.717, 1.165) is 50.0 Å². The molecule has 1 fully saturated rings. The number of fused-ring (bicyclic) bond motifs is 1. The first-order valence-corrected chi connectivity index (χ1v) is 10.1. The Morgan fingerprint density at radius 2 is 2.21 bits per heavy atom. The van der Waals surface area contributed by atoms with E-state index in [1.807, 2.05) is 6.07 Å². The van der Waals surface area contributed by atoms with Crippen LogP contribution in [0.25, 0.3) is 0 Å². The molecule has 0 radical (unpaired) electrons. The first kappa shape index (κ1) is 17.4. The van der Waals surface area contributed by atoms with Crippen LogP contribution in [0, 0.1) is 5.92 Å². The molecule has 0 bridgehead atoms. The lowest BCUT2D eigenvalue weighted by Gasteiger charge is -2.29. The minimum absolute atomic E-state index is 0.0493. The normalized spacial score (nSPS) is 21.4. The minimum Gasteiger partial charge on any atom is -0.316 e. The minimum atomic E-state index is -3.56. The summed E-state index contributed by atoms with van der Waals surface area (Å²) < 4.78 is 27.9. The standard InChI is InChI=1S/C17H25N3O3S/c1-13(21)20-9-3-5-15-6-7-16(10-17(15)20)24(22,23)19-12-14-4-2-8-18-11-14/h6-7,10,14,18-19H,2-5,8-9,11-12H2,1H3. The van der Waals surface area contributed by atoms with Gasteiger partial charge in [0, 0.05) is 25.7 Å². The van der Waals surface area contributed by atoms with Crippen molar-refractivity contribution in [3.63, 3.8) is 0 Å². The van der Waals surface area contributed by atoms with E-state index in [4.69, 9.17) is 0 Å². The highest BCUT2D eigenvalue weighted by molar-refractivity contribution is 7.89. The lowest BCUT2D eigenvalue weighted by atomic mass is 10.0. The number of benzene rings is 1. The van der Waals surface area contributed by atoms with E-state index < -0.39 is 10.0 Å². The fourth-order valence-electron chi connectivity index (χ4n) is 3.46. The lowest BCUT2D eigenvalue weighted by Crippen LogP contribution is -2.38. The van der Waals surface area contributed by atoms with E-state index in [2.05, 4.69) is 10.0 Å². The van der Waals surface area contributed by atoms with Gasteiger partial charge in [-0.3, -0.25) is 4.79 Å². The van der Waals surface area contributed by atoms with Gasteiger partial charge in [-0.05, 0) is 62.4 Å². The van der Waals surface area contributed by atoms with E-state index in [-0.39, 0.29) is 10.8 Å². The molecule has 3 rings (SSSR count). The zero-order valence-electron chi connectivity index (χ0n) is 14.0. The molecule has 2 aliphatic heterocycles. The molecular weight excluding hydrogens is 326 g/mol. The Kier molecular flexibility index (Phi) is 5.22. The van der Waals surface area contributed by atoms with Crippen molar-refractivity contribution < 1.29 is 13.2 Å². The molecule has 0 aliphatic carbocycles. The monoisotopic (exact) mass is 351 g/mol. The van der Waals surface area contributed by atoms with Crippen LogP contribution in [0.3, 0.4) is 0 Å². The van der Waals surface area contributed by atoms with Crippen molar-refractivity contribution in [3.8, 4) is 0 Å². The Balaban J connectivity index is 1.78. The summed E-state index contributed by atoms with van der Waals surface area (Å²) in [4.78, 5) is 13.7. The highest BCUT2D eigenvalue weighted by atomic mass is 32.2. The van der Waals surface area contributed by atoms with Gasteiger partial charge in [-0.25, -0.2) is 13.1 Å². The van der Waals surface area contributed by atoms with E-state index >= 15 is 0 Å². The molecule has 0 spiro atoms. The number of carbonyl (C=O) groups excluding carboxylic acids is 1. The lowest BCUT2D eigenvalue weighted by molar-refractivity contribution is -0.116. The molecular formula is C17H25N3O3S. The first-order valence-electron chi connectivity index (χ1n) is 8.59. The van der Waals surface area contributed by atoms with Gasteiger partial charge in [0.25, 0.3) is 0 Å². The van der Waals surface area contributed by atoms with Crippen LogP contribution >= 0.6 is 0 Å². The van der Waals surface area contributed by atoms with Crippen molar-refractivity contribution in [2.45, 2.75) is 37.5 Å². The van der Waals surface area contributed by atoms with E-state index in [1.54, 1.807) is 17.0 Å². The number of hydrogen-bond donors (Lipinski definition) is 2. The van der Waals surface area contributed by atoms with Crippen LogP contribution in [-0.4, -0.2) is 40.5 Å². The number of hydrogen-bond acceptors (Lipinski definition) is 4. The predicted octanol–water partition coefficient (Wildman–Crippen LogP) is 1.26. The van der Waals surface area contributed by atoms with Gasteiger partial charge < -0.3 is 10.2 Å². The van der Waals surface area contributed by atoms with Gasteiger partial charge in [-0.2, -0.15) is 0 Å². The van der Waals surface area contributed by atoms with Crippen molar-refractivity contribution in [3.05, 3.63) is 23.8 Å². The van der Waals surface area contributed by atoms with Crippen molar-refractivity contribution in [2.75, 3.05) is 31.1 Å². The second-order valence-corrected chi connectivity index (χ2v) is 8.40. The Labute approximate surface area is 143 Å². The topological polar surface area (TPSA) is 78.5 Å². The number of nitrogens with zero attached hydrogens (tertiary/aromatic N) is 1. The number of carbonyl (C=O) groups is 1. The Morgan fingerprint density at radius 1 is 1.38 bits per heavy atom. The second kappa shape index (κ2) is 7.21. The van der Waals surface area contributed by atoms with Gasteiger partial charge in [0.15, 0.2) is 0 Å². The van der Waals surface area contributed by atoms with Gasteiger partial charge in [-0.15, -0.1) is 0 Å². The number of piperidine rings is 1. The maximum Gasteiger partial charge on any atom is 0.240 e. The highest BCUT2D eigenvalue weighted by Gasteiger charge is 2.24. The van der Waals surface area contributed by atoms with Gasteiger partial charge in [0.1, 0.15) is 0 Å². The molecule has 2 N–H and O–H groups in total. The number of anilines is 1. The van der Waals surface area contributed by atoms with Gasteiger partial charge in [0.2, 0.25) is 15.9 Å². The summed E-state index contributed by atoms with van der Waals surface area (Å²) in [6.45, 7) is 4.47. The van der Waals surface area contributed by atoms with Crippen LogP contribution in [0.1, 0.15) is 31.7 Å². The molecule has 1 amide bonds. The molecule has 6 nitrogen and oxygen atoms in total. The molecule has 2 aliphatic rings. The molecule has 1 aromatic rings. The number of nitrogens with one attached hydrogen (secondary N) is 2. The Hall–Kier alpha value is -1.44. The summed E-state index contributed by atoms with van der Waals surface area (Å²) in [5, 5.41) is 3.29. The van der Waals surface area contributed by atoms with Crippen molar-refractivity contribution in [1.82, 2.24) is 10.0 Å². The van der Waals surface area contributed by atoms with Gasteiger partial charge >= 0.3 is 0 Å². The second-order valence-electron chi connectivity index (χ2n) is 6.63. The summed E-state index contributed by atoms with van der Waals surface area (Å²) in [5.74, 6) is 0.284. The van der Waals surface area contributed by atoms with Gasteiger partial charge in [-0.1, -0.05) is 6.07 Å². The smallest absolute Gasteiger partial charge is 0.240 e. The van der Waals surface area contributed by atoms with E-state index in [0.29, 0.717) is 19.0 Å². The van der Waals surface area contributed by atoms with Crippen molar-refractivity contribution >= 4 is 21.6 Å². The van der Waals surface area contributed by atoms with Crippen LogP contribution < -0.4 is 14.9 Å². The highest BCUT2D eigenvalue weighted by Crippen LogP contribution is 2.29. The number of amides is 1.